The molecule has 0 radical (unpaired) electrons. The van der Waals surface area contributed by atoms with Crippen molar-refractivity contribution < 1.29 is 22.5 Å². The number of rotatable bonds is 18. The van der Waals surface area contributed by atoms with Gasteiger partial charge in [0.25, 0.3) is 10.1 Å². The number of hydrogen-bond donors (Lipinski definition) is 1. The summed E-state index contributed by atoms with van der Waals surface area (Å²) in [5, 5.41) is 0. The van der Waals surface area contributed by atoms with Crippen molar-refractivity contribution in [3.63, 3.8) is 0 Å². The second-order valence-electron chi connectivity index (χ2n) is 7.33. The van der Waals surface area contributed by atoms with E-state index in [9.17, 15) is 13.2 Å². The van der Waals surface area contributed by atoms with Gasteiger partial charge < -0.3 is 4.74 Å². The smallest absolute Gasteiger partial charge is 0.303 e. The minimum absolute atomic E-state index is 0.0695. The van der Waals surface area contributed by atoms with Crippen LogP contribution in [-0.4, -0.2) is 30.8 Å². The minimum atomic E-state index is -3.78. The van der Waals surface area contributed by atoms with Crippen LogP contribution in [-0.2, 0) is 19.6 Å². The molecule has 0 rings (SSSR count). The Hall–Kier alpha value is -0.880. The lowest BCUT2D eigenvalue weighted by molar-refractivity contribution is -0.144. The second-order valence-corrected chi connectivity index (χ2v) is 8.90. The molecular weight excluding hydrogens is 364 g/mol. The van der Waals surface area contributed by atoms with E-state index in [2.05, 4.69) is 13.0 Å². The Kier molecular flexibility index (Phi) is 16.7. The highest BCUT2D eigenvalue weighted by molar-refractivity contribution is 7.85. The van der Waals surface area contributed by atoms with Crippen molar-refractivity contribution in [1.29, 1.82) is 0 Å². The van der Waals surface area contributed by atoms with E-state index in [1.807, 2.05) is 6.08 Å². The topological polar surface area (TPSA) is 80.7 Å². The van der Waals surface area contributed by atoms with Gasteiger partial charge in [0.1, 0.15) is 6.10 Å². The Bertz CT molecular complexity index is 485. The summed E-state index contributed by atoms with van der Waals surface area (Å²) in [4.78, 5) is 11.1. The fourth-order valence-electron chi connectivity index (χ4n) is 3.02. The number of unbranched alkanes of at least 4 members (excludes halogenated alkanes) is 11. The van der Waals surface area contributed by atoms with Crippen LogP contribution in [0.25, 0.3) is 0 Å². The maximum Gasteiger partial charge on any atom is 0.303 e. The molecule has 27 heavy (non-hydrogen) atoms. The van der Waals surface area contributed by atoms with Crippen LogP contribution in [0.3, 0.4) is 0 Å². The van der Waals surface area contributed by atoms with Crippen LogP contribution in [0, 0.1) is 0 Å². The summed E-state index contributed by atoms with van der Waals surface area (Å²) in [6.07, 6.45) is 19.2. The van der Waals surface area contributed by atoms with Crippen molar-refractivity contribution in [2.24, 2.45) is 0 Å². The maximum absolute atomic E-state index is 11.1. The van der Waals surface area contributed by atoms with Crippen LogP contribution in [0.2, 0.25) is 0 Å². The second kappa shape index (κ2) is 17.2. The van der Waals surface area contributed by atoms with E-state index in [1.165, 1.54) is 45.4 Å². The molecule has 0 heterocycles. The molecule has 1 N–H and O–H groups in total. The van der Waals surface area contributed by atoms with Gasteiger partial charge in [0, 0.05) is 6.92 Å². The molecule has 0 amide bonds. The standard InChI is InChI=1S/C21H40O5S/c1-3-4-17-21(26-20(2)22)18-15-13-11-9-7-5-6-8-10-12-14-16-19-27(23,24)25/h15,18,21H,3-14,16-17,19H2,1-2H3,(H,23,24,25)/t21-/m1/s1. The first kappa shape index (κ1) is 26.1. The third-order valence-electron chi connectivity index (χ3n) is 4.53. The van der Waals surface area contributed by atoms with Crippen molar-refractivity contribution in [2.45, 2.75) is 110 Å². The van der Waals surface area contributed by atoms with Crippen molar-refractivity contribution in [3.8, 4) is 0 Å². The first-order chi connectivity index (χ1) is 12.8. The van der Waals surface area contributed by atoms with Gasteiger partial charge in [0.2, 0.25) is 0 Å². The number of esters is 1. The molecule has 0 bridgehead atoms. The SMILES string of the molecule is CCCC[C@H](C=CCCCCCCCCCCCCS(=O)(=O)O)OC(C)=O. The van der Waals surface area contributed by atoms with Crippen molar-refractivity contribution >= 4 is 16.1 Å². The molecule has 0 aliphatic rings. The first-order valence-electron chi connectivity index (χ1n) is 10.6. The van der Waals surface area contributed by atoms with Gasteiger partial charge in [0.15, 0.2) is 0 Å². The maximum atomic E-state index is 11.1. The fraction of sp³-hybridized carbons (Fsp3) is 0.857. The van der Waals surface area contributed by atoms with Crippen molar-refractivity contribution in [2.75, 3.05) is 5.75 Å². The Morgan fingerprint density at radius 1 is 0.926 bits per heavy atom. The molecule has 0 aromatic rings. The Balaban J connectivity index is 3.48. The monoisotopic (exact) mass is 404 g/mol. The third kappa shape index (κ3) is 21.3. The lowest BCUT2D eigenvalue weighted by Gasteiger charge is -2.12. The number of carbonyl (C=O) groups excluding carboxylic acids is 1. The quantitative estimate of drug-likeness (QED) is 0.134. The van der Waals surface area contributed by atoms with Crippen LogP contribution in [0.4, 0.5) is 0 Å². The molecule has 0 spiro atoms. The number of hydrogen-bond acceptors (Lipinski definition) is 4. The molecule has 0 saturated heterocycles. The van der Waals surface area contributed by atoms with Crippen LogP contribution in [0.1, 0.15) is 104 Å². The number of ether oxygens (including phenoxy) is 1. The molecule has 0 aliphatic carbocycles. The summed E-state index contributed by atoms with van der Waals surface area (Å²) in [7, 11) is -3.78. The zero-order valence-corrected chi connectivity index (χ0v) is 18.1. The fourth-order valence-corrected chi connectivity index (χ4v) is 3.59. The molecule has 0 aliphatic heterocycles. The Morgan fingerprint density at radius 3 is 1.93 bits per heavy atom. The molecular formula is C21H40O5S. The van der Waals surface area contributed by atoms with Crippen LogP contribution in [0.5, 0.6) is 0 Å². The van der Waals surface area contributed by atoms with Crippen LogP contribution < -0.4 is 0 Å². The molecule has 6 heteroatoms. The summed E-state index contributed by atoms with van der Waals surface area (Å²) >= 11 is 0. The van der Waals surface area contributed by atoms with E-state index in [4.69, 9.17) is 9.29 Å². The summed E-state index contributed by atoms with van der Waals surface area (Å²) in [6, 6.07) is 0. The van der Waals surface area contributed by atoms with E-state index in [0.29, 0.717) is 6.42 Å². The van der Waals surface area contributed by atoms with Crippen molar-refractivity contribution in [3.05, 3.63) is 12.2 Å². The van der Waals surface area contributed by atoms with E-state index < -0.39 is 10.1 Å². The zero-order chi connectivity index (χ0) is 20.4. The van der Waals surface area contributed by atoms with E-state index in [-0.39, 0.29) is 17.8 Å². The molecule has 5 nitrogen and oxygen atoms in total. The predicted octanol–water partition coefficient (Wildman–Crippen LogP) is 5.84. The van der Waals surface area contributed by atoms with Gasteiger partial charge in [-0.1, -0.05) is 70.8 Å². The largest absolute Gasteiger partial charge is 0.458 e. The lowest BCUT2D eigenvalue weighted by atomic mass is 10.1. The first-order valence-corrected chi connectivity index (χ1v) is 12.2. The molecule has 0 unspecified atom stereocenters. The number of allylic oxidation sites excluding steroid dienone is 1. The van der Waals surface area contributed by atoms with E-state index in [0.717, 1.165) is 44.9 Å². The third-order valence-corrected chi connectivity index (χ3v) is 5.34. The van der Waals surface area contributed by atoms with Crippen LogP contribution in [0.15, 0.2) is 12.2 Å². The van der Waals surface area contributed by atoms with Gasteiger partial charge in [0.05, 0.1) is 5.75 Å². The summed E-state index contributed by atoms with van der Waals surface area (Å²) in [6.45, 7) is 3.60. The van der Waals surface area contributed by atoms with E-state index >= 15 is 0 Å². The minimum Gasteiger partial charge on any atom is -0.458 e. The normalized spacial score (nSPS) is 13.1. The average Bonchev–Trinajstić information content (AvgIpc) is 2.58. The Morgan fingerprint density at radius 2 is 1.44 bits per heavy atom. The van der Waals surface area contributed by atoms with Gasteiger partial charge >= 0.3 is 5.97 Å². The van der Waals surface area contributed by atoms with Gasteiger partial charge in [-0.3, -0.25) is 9.35 Å². The molecule has 1 atom stereocenters. The van der Waals surface area contributed by atoms with Gasteiger partial charge in [-0.2, -0.15) is 8.42 Å². The van der Waals surface area contributed by atoms with Gasteiger partial charge in [-0.05, 0) is 38.2 Å². The van der Waals surface area contributed by atoms with E-state index in [1.54, 1.807) is 0 Å². The molecule has 0 aromatic heterocycles. The van der Waals surface area contributed by atoms with Crippen molar-refractivity contribution in [1.82, 2.24) is 0 Å². The Labute approximate surface area is 166 Å². The van der Waals surface area contributed by atoms with Crippen LogP contribution >= 0.6 is 0 Å². The summed E-state index contributed by atoms with van der Waals surface area (Å²) < 4.78 is 35.1. The molecule has 0 aromatic carbocycles. The lowest BCUT2D eigenvalue weighted by Crippen LogP contribution is -2.13. The predicted molar refractivity (Wildman–Crippen MR) is 111 cm³/mol. The highest BCUT2D eigenvalue weighted by Crippen LogP contribution is 2.13. The zero-order valence-electron chi connectivity index (χ0n) is 17.3. The summed E-state index contributed by atoms with van der Waals surface area (Å²) in [5.41, 5.74) is 0. The number of carbonyl (C=O) groups is 1. The average molecular weight is 405 g/mol. The highest BCUT2D eigenvalue weighted by Gasteiger charge is 2.06. The molecule has 160 valence electrons. The highest BCUT2D eigenvalue weighted by atomic mass is 32.2. The molecule has 0 saturated carbocycles. The summed E-state index contributed by atoms with van der Waals surface area (Å²) in [5.74, 6) is -0.319. The molecule has 0 fully saturated rings. The van der Waals surface area contributed by atoms with Gasteiger partial charge in [-0.15, -0.1) is 0 Å². The van der Waals surface area contributed by atoms with Gasteiger partial charge in [-0.25, -0.2) is 0 Å².